The first kappa shape index (κ1) is 71.7. The summed E-state index contributed by atoms with van der Waals surface area (Å²) in [6, 6.07) is 0. The van der Waals surface area contributed by atoms with Gasteiger partial charge >= 0.3 is 11.9 Å². The summed E-state index contributed by atoms with van der Waals surface area (Å²) in [4.78, 5) is 37.3. The fraction of sp³-hybridized carbons (Fsp3) is 0.773. The van der Waals surface area contributed by atoms with Crippen LogP contribution in [0.4, 0.5) is 0 Å². The number of aliphatic carboxylic acids is 1. The molecule has 0 saturated carbocycles. The number of unbranched alkanes of at least 4 members (excludes halogenated alkanes) is 30. The zero-order chi connectivity index (χ0) is 54.8. The van der Waals surface area contributed by atoms with E-state index in [0.717, 1.165) is 77.0 Å². The van der Waals surface area contributed by atoms with Crippen LogP contribution >= 0.6 is 0 Å². The minimum atomic E-state index is -1.62. The number of ether oxygens (including phenoxy) is 4. The smallest absolute Gasteiger partial charge is 0.306 e. The van der Waals surface area contributed by atoms with Crippen molar-refractivity contribution in [3.05, 3.63) is 72.9 Å². The van der Waals surface area contributed by atoms with Gasteiger partial charge in [-0.2, -0.15) is 0 Å². The highest BCUT2D eigenvalue weighted by Gasteiger charge is 2.22. The predicted octanol–water partition coefficient (Wildman–Crippen LogP) is 17.2. The number of hydrogen-bond donors (Lipinski definition) is 0. The van der Waals surface area contributed by atoms with E-state index >= 15 is 0 Å². The van der Waals surface area contributed by atoms with E-state index < -0.39 is 24.3 Å². The fourth-order valence-electron chi connectivity index (χ4n) is 8.68. The highest BCUT2D eigenvalue weighted by Crippen LogP contribution is 2.17. The number of likely N-dealkylation sites (N-methyl/N-ethyl adjacent to an activating group) is 1. The molecule has 0 saturated heterocycles. The van der Waals surface area contributed by atoms with Gasteiger partial charge in [0.25, 0.3) is 0 Å². The van der Waals surface area contributed by atoms with E-state index in [1.165, 1.54) is 161 Å². The van der Waals surface area contributed by atoms with E-state index in [4.69, 9.17) is 18.9 Å². The molecule has 2 unspecified atom stereocenters. The molecule has 0 aromatic rings. The molecular formula is C66H117NO8. The van der Waals surface area contributed by atoms with Crippen LogP contribution in [0, 0.1) is 0 Å². The van der Waals surface area contributed by atoms with Gasteiger partial charge in [-0.05, 0) is 83.5 Å². The first-order valence-corrected chi connectivity index (χ1v) is 31.1. The van der Waals surface area contributed by atoms with Crippen LogP contribution in [0.15, 0.2) is 72.9 Å². The zero-order valence-electron chi connectivity index (χ0n) is 49.4. The first-order valence-electron chi connectivity index (χ1n) is 31.1. The molecule has 2 atom stereocenters. The van der Waals surface area contributed by atoms with E-state index in [2.05, 4.69) is 86.8 Å². The fourth-order valence-corrected chi connectivity index (χ4v) is 8.68. The molecule has 9 nitrogen and oxygen atoms in total. The number of carboxylic acids is 1. The lowest BCUT2D eigenvalue weighted by Gasteiger charge is -2.26. The van der Waals surface area contributed by atoms with Crippen molar-refractivity contribution in [3.63, 3.8) is 0 Å². The summed E-state index contributed by atoms with van der Waals surface area (Å²) in [6.45, 7) is 4.62. The third-order valence-electron chi connectivity index (χ3n) is 13.4. The summed E-state index contributed by atoms with van der Waals surface area (Å²) in [5.41, 5.74) is 0. The molecule has 0 aliphatic heterocycles. The number of hydrogen-bond acceptors (Lipinski definition) is 8. The second kappa shape index (κ2) is 56.9. The summed E-state index contributed by atoms with van der Waals surface area (Å²) in [6.07, 6.45) is 71.1. The van der Waals surface area contributed by atoms with Crippen LogP contribution in [0.1, 0.15) is 271 Å². The van der Waals surface area contributed by atoms with E-state index in [0.29, 0.717) is 17.4 Å². The summed E-state index contributed by atoms with van der Waals surface area (Å²) in [5, 5.41) is 11.8. The number of carbonyl (C=O) groups excluding carboxylic acids is 3. The van der Waals surface area contributed by atoms with Crippen LogP contribution in [-0.4, -0.2) is 82.3 Å². The summed E-state index contributed by atoms with van der Waals surface area (Å²) in [7, 11) is 5.92. The van der Waals surface area contributed by atoms with Crippen molar-refractivity contribution < 1.29 is 42.9 Å². The summed E-state index contributed by atoms with van der Waals surface area (Å²) in [5.74, 6) is -2.28. The Morgan fingerprint density at radius 2 is 0.760 bits per heavy atom. The molecule has 75 heavy (non-hydrogen) atoms. The molecule has 0 aliphatic rings. The van der Waals surface area contributed by atoms with Crippen LogP contribution in [0.3, 0.4) is 0 Å². The Labute approximate surface area is 462 Å². The molecule has 0 aromatic carbocycles. The van der Waals surface area contributed by atoms with Crippen LogP contribution in [-0.2, 0) is 33.3 Å². The lowest BCUT2D eigenvalue weighted by atomic mass is 10.0. The number of nitrogens with zero attached hydrogens (tertiary/aromatic N) is 1. The standard InChI is InChI=1S/C66H117NO8/c1-6-8-10-12-14-16-18-20-22-24-25-26-27-28-29-30-31-32-33-34-35-36-37-38-39-41-43-45-47-49-51-53-55-57-64(69)75-62(61-74-66(65(70)71)72-59-58-67(3,4)5)60-73-63(68)56-54-52-50-48-46-44-42-40-23-21-19-17-15-13-11-9-7-2/h8,10,14-17,20-23,25-26,62,66H,6-7,9,11-13,18-19,24,27-61H2,1-5H3/b10-8-,16-14-,17-15-,22-20-,23-21-,26-25-. The monoisotopic (exact) mass is 1050 g/mol. The number of esters is 2. The van der Waals surface area contributed by atoms with Gasteiger partial charge in [-0.1, -0.05) is 247 Å². The van der Waals surface area contributed by atoms with Gasteiger partial charge in [-0.3, -0.25) is 9.59 Å². The number of rotatable bonds is 57. The van der Waals surface area contributed by atoms with Gasteiger partial charge in [0.2, 0.25) is 0 Å². The average Bonchev–Trinajstić information content (AvgIpc) is 3.38. The van der Waals surface area contributed by atoms with Crippen molar-refractivity contribution in [1.82, 2.24) is 0 Å². The second-order valence-corrected chi connectivity index (χ2v) is 22.0. The third-order valence-corrected chi connectivity index (χ3v) is 13.4. The van der Waals surface area contributed by atoms with Gasteiger partial charge in [-0.25, -0.2) is 0 Å². The zero-order valence-corrected chi connectivity index (χ0v) is 49.4. The highest BCUT2D eigenvalue weighted by molar-refractivity contribution is 5.70. The number of carbonyl (C=O) groups is 3. The average molecular weight is 1050 g/mol. The van der Waals surface area contributed by atoms with Crippen LogP contribution < -0.4 is 5.11 Å². The molecule has 9 heteroatoms. The Bertz CT molecular complexity index is 1460. The number of quaternary nitrogens is 1. The van der Waals surface area contributed by atoms with Crippen LogP contribution in [0.5, 0.6) is 0 Å². The molecule has 0 N–H and O–H groups in total. The van der Waals surface area contributed by atoms with E-state index in [-0.39, 0.29) is 38.6 Å². The maximum atomic E-state index is 12.9. The SMILES string of the molecule is CC/C=C\C/C=C\C/C=C\C/C=C\CCCCCCCCCCCCCCCCCCCCCCC(=O)OC(COC(=O)CCCCCCCCC/C=C\C/C=C\CCCCC)COC(OCC[N+](C)(C)C)C(=O)[O-]. The van der Waals surface area contributed by atoms with E-state index in [9.17, 15) is 19.5 Å². The quantitative estimate of drug-likeness (QED) is 0.0195. The Hall–Kier alpha value is -3.27. The van der Waals surface area contributed by atoms with Crippen molar-refractivity contribution in [1.29, 1.82) is 0 Å². The Kier molecular flexibility index (Phi) is 54.4. The normalized spacial score (nSPS) is 13.2. The molecule has 0 heterocycles. The second-order valence-electron chi connectivity index (χ2n) is 22.0. The molecule has 0 radical (unpaired) electrons. The largest absolute Gasteiger partial charge is 0.545 e. The maximum Gasteiger partial charge on any atom is 0.306 e. The molecule has 0 bridgehead atoms. The summed E-state index contributed by atoms with van der Waals surface area (Å²) >= 11 is 0. The lowest BCUT2D eigenvalue weighted by molar-refractivity contribution is -0.870. The molecule has 0 fully saturated rings. The van der Waals surface area contributed by atoms with Crippen molar-refractivity contribution in [2.75, 3.05) is 47.5 Å². The van der Waals surface area contributed by atoms with E-state index in [1.54, 1.807) is 0 Å². The predicted molar refractivity (Wildman–Crippen MR) is 315 cm³/mol. The van der Waals surface area contributed by atoms with Crippen molar-refractivity contribution in [2.24, 2.45) is 0 Å². The van der Waals surface area contributed by atoms with Gasteiger partial charge in [0, 0.05) is 12.8 Å². The van der Waals surface area contributed by atoms with Crippen molar-refractivity contribution >= 4 is 17.9 Å². The maximum absolute atomic E-state index is 12.9. The van der Waals surface area contributed by atoms with Gasteiger partial charge in [0.1, 0.15) is 13.2 Å². The topological polar surface area (TPSA) is 111 Å². The molecule has 0 aliphatic carbocycles. The van der Waals surface area contributed by atoms with Gasteiger partial charge in [-0.15, -0.1) is 0 Å². The molecule has 0 spiro atoms. The van der Waals surface area contributed by atoms with Gasteiger partial charge < -0.3 is 33.3 Å². The first-order chi connectivity index (χ1) is 36.6. The third kappa shape index (κ3) is 58.3. The molecular weight excluding hydrogens is 935 g/mol. The molecule has 434 valence electrons. The molecule has 0 amide bonds. The van der Waals surface area contributed by atoms with E-state index in [1.807, 2.05) is 21.1 Å². The number of allylic oxidation sites excluding steroid dienone is 12. The van der Waals surface area contributed by atoms with Crippen LogP contribution in [0.2, 0.25) is 0 Å². The summed E-state index contributed by atoms with van der Waals surface area (Å²) < 4.78 is 22.7. The van der Waals surface area contributed by atoms with Crippen molar-refractivity contribution in [2.45, 2.75) is 283 Å². The lowest BCUT2D eigenvalue weighted by Crippen LogP contribution is -2.44. The van der Waals surface area contributed by atoms with Crippen LogP contribution in [0.25, 0.3) is 0 Å². The minimum absolute atomic E-state index is 0.146. The minimum Gasteiger partial charge on any atom is -0.545 e. The highest BCUT2D eigenvalue weighted by atomic mass is 16.7. The number of carboxylic acid groups (broad SMARTS) is 1. The molecule has 0 aromatic heterocycles. The Balaban J connectivity index is 4.10. The van der Waals surface area contributed by atoms with Gasteiger partial charge in [0.05, 0.1) is 40.3 Å². The Morgan fingerprint density at radius 1 is 0.413 bits per heavy atom. The molecule has 0 rings (SSSR count). The van der Waals surface area contributed by atoms with Crippen molar-refractivity contribution in [3.8, 4) is 0 Å². The van der Waals surface area contributed by atoms with Gasteiger partial charge in [0.15, 0.2) is 12.4 Å². The Morgan fingerprint density at radius 3 is 1.13 bits per heavy atom.